The highest BCUT2D eigenvalue weighted by Crippen LogP contribution is 2.55. The van der Waals surface area contributed by atoms with Gasteiger partial charge in [-0.15, -0.1) is 0 Å². The molecule has 0 saturated carbocycles. The van der Waals surface area contributed by atoms with Crippen molar-refractivity contribution in [3.8, 4) is 16.8 Å². The van der Waals surface area contributed by atoms with Crippen molar-refractivity contribution in [3.63, 3.8) is 0 Å². The van der Waals surface area contributed by atoms with E-state index in [4.69, 9.17) is 4.42 Å². The van der Waals surface area contributed by atoms with E-state index >= 15 is 0 Å². The minimum Gasteiger partial charge on any atom is -0.456 e. The fourth-order valence-electron chi connectivity index (χ4n) is 9.96. The van der Waals surface area contributed by atoms with Crippen LogP contribution in [0.15, 0.2) is 174 Å². The van der Waals surface area contributed by atoms with Crippen molar-refractivity contribution >= 4 is 71.2 Å². The van der Waals surface area contributed by atoms with Crippen LogP contribution in [-0.4, -0.2) is 9.13 Å². The maximum atomic E-state index is 6.15. The fraction of sp³-hybridized carbons (Fsp3) is 0.0980. The molecule has 3 heteroatoms. The molecule has 0 fully saturated rings. The van der Waals surface area contributed by atoms with E-state index in [1.54, 1.807) is 0 Å². The average molecular weight is 693 g/mol. The van der Waals surface area contributed by atoms with Gasteiger partial charge in [0.25, 0.3) is 0 Å². The Kier molecular flexibility index (Phi) is 5.96. The molecule has 12 rings (SSSR count). The van der Waals surface area contributed by atoms with Gasteiger partial charge in [-0.1, -0.05) is 116 Å². The molecule has 0 saturated heterocycles. The summed E-state index contributed by atoms with van der Waals surface area (Å²) in [6, 6.07) is 55.5. The highest BCUT2D eigenvalue weighted by atomic mass is 16.3. The summed E-state index contributed by atoms with van der Waals surface area (Å²) in [6.07, 6.45) is 5.97. The first-order valence-electron chi connectivity index (χ1n) is 19.0. The zero-order chi connectivity index (χ0) is 35.7. The largest absolute Gasteiger partial charge is 0.456 e. The molecule has 2 aliphatic rings. The van der Waals surface area contributed by atoms with E-state index in [9.17, 15) is 0 Å². The van der Waals surface area contributed by atoms with E-state index in [2.05, 4.69) is 181 Å². The summed E-state index contributed by atoms with van der Waals surface area (Å²) >= 11 is 0. The SMILES string of the molecule is CC1(C)C2=CC(n3c4ccccc4c4cc5c6ccccc6n(-c6ccccc6)c5cc43)=CCC2c2ccc(-c3ccc4oc5ccccc5c4c3)cc21. The fourth-order valence-corrected chi connectivity index (χ4v) is 9.96. The summed E-state index contributed by atoms with van der Waals surface area (Å²) in [7, 11) is 0. The van der Waals surface area contributed by atoms with Gasteiger partial charge in [0.2, 0.25) is 0 Å². The summed E-state index contributed by atoms with van der Waals surface area (Å²) in [5.74, 6) is 0.369. The van der Waals surface area contributed by atoms with Crippen LogP contribution in [0.2, 0.25) is 0 Å². The smallest absolute Gasteiger partial charge is 0.135 e. The second-order valence-electron chi connectivity index (χ2n) is 15.7. The van der Waals surface area contributed by atoms with E-state index in [1.165, 1.54) is 88.2 Å². The third-order valence-corrected chi connectivity index (χ3v) is 12.5. The van der Waals surface area contributed by atoms with Crippen LogP contribution in [0.25, 0.3) is 88.1 Å². The van der Waals surface area contributed by atoms with Gasteiger partial charge >= 0.3 is 0 Å². The van der Waals surface area contributed by atoms with Crippen LogP contribution in [-0.2, 0) is 5.41 Å². The van der Waals surface area contributed by atoms with Gasteiger partial charge in [0.15, 0.2) is 0 Å². The molecule has 0 spiro atoms. The lowest BCUT2D eigenvalue weighted by atomic mass is 9.78. The van der Waals surface area contributed by atoms with Crippen molar-refractivity contribution in [2.45, 2.75) is 31.6 Å². The van der Waals surface area contributed by atoms with Crippen LogP contribution >= 0.6 is 0 Å². The van der Waals surface area contributed by atoms with Crippen molar-refractivity contribution < 1.29 is 4.42 Å². The summed E-state index contributed by atoms with van der Waals surface area (Å²) in [4.78, 5) is 0. The molecule has 0 amide bonds. The van der Waals surface area contributed by atoms with Gasteiger partial charge in [-0.25, -0.2) is 0 Å². The van der Waals surface area contributed by atoms with Crippen LogP contribution < -0.4 is 0 Å². The number of aromatic nitrogens is 2. The molecule has 3 aromatic heterocycles. The number of hydrogen-bond acceptors (Lipinski definition) is 1. The molecule has 0 aliphatic heterocycles. The zero-order valence-corrected chi connectivity index (χ0v) is 30.2. The Bertz CT molecular complexity index is 3270. The number of furan rings is 1. The standard InChI is InChI=1S/C51H36N2O/c1-51(2)43-27-32(31-21-25-50-42(26-31)39-16-8-11-19-49(39)54-50)20-23-35(43)36-24-22-34(28-44(36)51)53-46-18-10-7-15-38(46)41-29-40-37-14-6-9-17-45(37)52(47(40)30-48(41)53)33-12-4-3-5-13-33/h3-23,25-30,36H,24H2,1-2H3. The first-order chi connectivity index (χ1) is 26.5. The summed E-state index contributed by atoms with van der Waals surface area (Å²) < 4.78 is 11.1. The lowest BCUT2D eigenvalue weighted by Crippen LogP contribution is -2.18. The Morgan fingerprint density at radius 1 is 0.519 bits per heavy atom. The Morgan fingerprint density at radius 3 is 1.94 bits per heavy atom. The van der Waals surface area contributed by atoms with Gasteiger partial charge in [-0.05, 0) is 95.4 Å². The molecule has 10 aromatic rings. The summed E-state index contributed by atoms with van der Waals surface area (Å²) in [5.41, 5.74) is 16.0. The number of rotatable bonds is 3. The molecular formula is C51H36N2O. The van der Waals surface area contributed by atoms with Crippen molar-refractivity contribution in [2.24, 2.45) is 0 Å². The third kappa shape index (κ3) is 4.01. The molecule has 1 atom stereocenters. The summed E-state index contributed by atoms with van der Waals surface area (Å²) in [6.45, 7) is 4.84. The normalized spacial score (nSPS) is 16.4. The first kappa shape index (κ1) is 29.9. The van der Waals surface area contributed by atoms with Crippen molar-refractivity contribution in [1.82, 2.24) is 9.13 Å². The summed E-state index contributed by atoms with van der Waals surface area (Å²) in [5, 5.41) is 7.47. The van der Waals surface area contributed by atoms with Crippen LogP contribution in [0.4, 0.5) is 0 Å². The molecule has 256 valence electrons. The number of benzene rings is 7. The van der Waals surface area contributed by atoms with E-state index in [1.807, 2.05) is 6.07 Å². The van der Waals surface area contributed by atoms with Crippen molar-refractivity contribution in [1.29, 1.82) is 0 Å². The quantitative estimate of drug-likeness (QED) is 0.181. The predicted octanol–water partition coefficient (Wildman–Crippen LogP) is 13.7. The highest BCUT2D eigenvalue weighted by molar-refractivity contribution is 6.19. The second-order valence-corrected chi connectivity index (χ2v) is 15.7. The first-order valence-corrected chi connectivity index (χ1v) is 19.0. The molecule has 3 heterocycles. The van der Waals surface area contributed by atoms with E-state index in [0.29, 0.717) is 5.92 Å². The van der Waals surface area contributed by atoms with Crippen LogP contribution in [0.1, 0.15) is 37.3 Å². The Hall–Kier alpha value is -6.58. The van der Waals surface area contributed by atoms with E-state index in [0.717, 1.165) is 23.0 Å². The van der Waals surface area contributed by atoms with Gasteiger partial charge in [0.1, 0.15) is 11.2 Å². The maximum absolute atomic E-state index is 6.15. The number of nitrogens with zero attached hydrogens (tertiary/aromatic N) is 2. The highest BCUT2D eigenvalue weighted by Gasteiger charge is 2.42. The average Bonchev–Trinajstić information content (AvgIpc) is 3.92. The minimum atomic E-state index is -0.117. The van der Waals surface area contributed by atoms with Gasteiger partial charge < -0.3 is 13.6 Å². The maximum Gasteiger partial charge on any atom is 0.135 e. The Labute approximate surface area is 312 Å². The van der Waals surface area contributed by atoms with Gasteiger partial charge in [0.05, 0.1) is 22.1 Å². The Morgan fingerprint density at radius 2 is 1.15 bits per heavy atom. The van der Waals surface area contributed by atoms with Gasteiger partial charge in [-0.2, -0.15) is 0 Å². The van der Waals surface area contributed by atoms with Crippen molar-refractivity contribution in [2.75, 3.05) is 0 Å². The minimum absolute atomic E-state index is 0.117. The number of fused-ring (bicyclic) bond motifs is 12. The lowest BCUT2D eigenvalue weighted by molar-refractivity contribution is 0.612. The van der Waals surface area contributed by atoms with Gasteiger partial charge in [-0.3, -0.25) is 0 Å². The lowest BCUT2D eigenvalue weighted by Gasteiger charge is -2.28. The van der Waals surface area contributed by atoms with Crippen LogP contribution in [0.5, 0.6) is 0 Å². The molecule has 2 aliphatic carbocycles. The molecule has 1 unspecified atom stereocenters. The number of allylic oxidation sites excluding steroid dienone is 4. The molecule has 0 N–H and O–H groups in total. The van der Waals surface area contributed by atoms with Crippen LogP contribution in [0, 0.1) is 0 Å². The van der Waals surface area contributed by atoms with Gasteiger partial charge in [0, 0.05) is 55.0 Å². The number of para-hydroxylation sites is 4. The zero-order valence-electron chi connectivity index (χ0n) is 30.2. The topological polar surface area (TPSA) is 23.0 Å². The predicted molar refractivity (Wildman–Crippen MR) is 226 cm³/mol. The second kappa shape index (κ2) is 10.7. The molecule has 7 aromatic carbocycles. The van der Waals surface area contributed by atoms with E-state index < -0.39 is 0 Å². The van der Waals surface area contributed by atoms with Crippen LogP contribution in [0.3, 0.4) is 0 Å². The number of hydrogen-bond donors (Lipinski definition) is 0. The van der Waals surface area contributed by atoms with Crippen molar-refractivity contribution in [3.05, 3.63) is 181 Å². The molecular weight excluding hydrogens is 657 g/mol. The monoisotopic (exact) mass is 692 g/mol. The Balaban J connectivity index is 1.02. The third-order valence-electron chi connectivity index (χ3n) is 12.5. The molecule has 54 heavy (non-hydrogen) atoms. The molecule has 0 bridgehead atoms. The molecule has 3 nitrogen and oxygen atoms in total. The van der Waals surface area contributed by atoms with E-state index in [-0.39, 0.29) is 5.41 Å². The molecule has 0 radical (unpaired) electrons.